The van der Waals surface area contributed by atoms with Crippen molar-refractivity contribution in [2.24, 2.45) is 0 Å². The fraction of sp³-hybridized carbons (Fsp3) is 0.750. The molecule has 0 spiro atoms. The van der Waals surface area contributed by atoms with Gasteiger partial charge < -0.3 is 0 Å². The maximum absolute atomic E-state index is 11.3. The van der Waals surface area contributed by atoms with Crippen molar-refractivity contribution in [2.45, 2.75) is 13.3 Å². The van der Waals surface area contributed by atoms with Crippen molar-refractivity contribution in [1.29, 1.82) is 0 Å². The lowest BCUT2D eigenvalue weighted by molar-refractivity contribution is 0.511. The molecule has 80 valence electrons. The van der Waals surface area contributed by atoms with E-state index in [4.69, 9.17) is 3.63 Å². The Morgan fingerprint density at radius 2 is 1.92 bits per heavy atom. The molecule has 0 aromatic heterocycles. The quantitative estimate of drug-likeness (QED) is 0.650. The van der Waals surface area contributed by atoms with Crippen LogP contribution in [0.25, 0.3) is 0 Å². The third-order valence-electron chi connectivity index (χ3n) is 1.26. The third kappa shape index (κ3) is 6.12. The predicted molar refractivity (Wildman–Crippen MR) is 59.7 cm³/mol. The van der Waals surface area contributed by atoms with Crippen LogP contribution < -0.4 is 0 Å². The van der Waals surface area contributed by atoms with Crippen molar-refractivity contribution in [2.75, 3.05) is 24.0 Å². The van der Waals surface area contributed by atoms with Crippen LogP contribution in [0, 0.1) is 0 Å². The number of hydrogen-bond donors (Lipinski definition) is 0. The minimum atomic E-state index is -3.32. The molecule has 0 heterocycles. The third-order valence-corrected chi connectivity index (χ3v) is 5.51. The van der Waals surface area contributed by atoms with Gasteiger partial charge in [0.2, 0.25) is 0 Å². The Bertz CT molecular complexity index is 255. The summed E-state index contributed by atoms with van der Waals surface area (Å²) in [4.78, 5) is 0. The van der Waals surface area contributed by atoms with E-state index in [9.17, 15) is 8.42 Å². The first-order valence-corrected chi connectivity index (χ1v) is 8.21. The Balaban J connectivity index is 4.33. The molecule has 0 fully saturated rings. The van der Waals surface area contributed by atoms with E-state index >= 15 is 0 Å². The molecule has 0 N–H and O–H groups in total. The van der Waals surface area contributed by atoms with Crippen molar-refractivity contribution >= 4 is 20.4 Å². The first-order chi connectivity index (χ1) is 5.83. The second-order valence-electron chi connectivity index (χ2n) is 3.22. The van der Waals surface area contributed by atoms with E-state index in [0.29, 0.717) is 12.2 Å². The Morgan fingerprint density at radius 3 is 2.31 bits per heavy atom. The molecule has 0 saturated heterocycles. The molecule has 0 aromatic rings. The van der Waals surface area contributed by atoms with Crippen molar-refractivity contribution in [3.05, 3.63) is 12.7 Å². The smallest absolute Gasteiger partial charge is 0.220 e. The van der Waals surface area contributed by atoms with Crippen molar-refractivity contribution in [3.8, 4) is 0 Å². The van der Waals surface area contributed by atoms with Gasteiger partial charge in [-0.3, -0.25) is 0 Å². The summed E-state index contributed by atoms with van der Waals surface area (Å²) in [6, 6.07) is 0. The summed E-state index contributed by atoms with van der Waals surface area (Å²) < 4.78 is 27.7. The molecule has 0 rings (SSSR count). The van der Waals surface area contributed by atoms with Crippen LogP contribution >= 0.6 is 10.3 Å². The van der Waals surface area contributed by atoms with Gasteiger partial charge in [0.05, 0.1) is 5.75 Å². The largest absolute Gasteiger partial charge is 0.276 e. The molecule has 0 amide bonds. The molecule has 0 aliphatic carbocycles. The average Bonchev–Trinajstić information content (AvgIpc) is 1.82. The lowest BCUT2D eigenvalue weighted by atomic mass is 10.6. The highest BCUT2D eigenvalue weighted by Gasteiger charge is 2.20. The maximum Gasteiger partial charge on any atom is 0.276 e. The lowest BCUT2D eigenvalue weighted by Crippen LogP contribution is -2.14. The van der Waals surface area contributed by atoms with Crippen LogP contribution in [0.15, 0.2) is 12.7 Å². The van der Waals surface area contributed by atoms with Gasteiger partial charge in [0.25, 0.3) is 10.1 Å². The minimum Gasteiger partial charge on any atom is -0.220 e. The topological polar surface area (TPSA) is 43.4 Å². The molecule has 0 bridgehead atoms. The maximum atomic E-state index is 11.3. The van der Waals surface area contributed by atoms with Gasteiger partial charge in [0.15, 0.2) is 0 Å². The number of rotatable bonds is 6. The Labute approximate surface area is 82.8 Å². The van der Waals surface area contributed by atoms with Crippen LogP contribution in [-0.4, -0.2) is 32.4 Å². The van der Waals surface area contributed by atoms with E-state index in [1.165, 1.54) is 0 Å². The van der Waals surface area contributed by atoms with Gasteiger partial charge in [-0.15, -0.1) is 16.9 Å². The van der Waals surface area contributed by atoms with Crippen LogP contribution in [0.1, 0.15) is 13.3 Å². The summed E-state index contributed by atoms with van der Waals surface area (Å²) in [5.74, 6) is 0.705. The fourth-order valence-electron chi connectivity index (χ4n) is 0.876. The van der Waals surface area contributed by atoms with E-state index in [-0.39, 0.29) is 5.75 Å². The highest BCUT2D eigenvalue weighted by atomic mass is 32.3. The van der Waals surface area contributed by atoms with E-state index in [2.05, 4.69) is 6.58 Å². The highest BCUT2D eigenvalue weighted by molar-refractivity contribution is 8.32. The fourth-order valence-corrected chi connectivity index (χ4v) is 4.68. The molecule has 0 radical (unpaired) electrons. The first-order valence-electron chi connectivity index (χ1n) is 4.08. The predicted octanol–water partition coefficient (Wildman–Crippen LogP) is 1.91. The van der Waals surface area contributed by atoms with Gasteiger partial charge >= 0.3 is 0 Å². The molecular formula is C8H18O3S2. The van der Waals surface area contributed by atoms with Gasteiger partial charge in [-0.05, 0) is 18.9 Å². The summed E-state index contributed by atoms with van der Waals surface area (Å²) in [6.45, 7) is 5.38. The molecule has 5 heteroatoms. The van der Waals surface area contributed by atoms with Gasteiger partial charge in [-0.2, -0.15) is 8.42 Å². The molecule has 0 saturated carbocycles. The molecule has 0 unspecified atom stereocenters. The zero-order valence-electron chi connectivity index (χ0n) is 8.45. The van der Waals surface area contributed by atoms with E-state index in [0.717, 1.165) is 0 Å². The summed E-state index contributed by atoms with van der Waals surface area (Å²) >= 11 is 0. The molecule has 3 nitrogen and oxygen atoms in total. The van der Waals surface area contributed by atoms with E-state index in [1.54, 1.807) is 6.08 Å². The highest BCUT2D eigenvalue weighted by Crippen LogP contribution is 2.42. The van der Waals surface area contributed by atoms with Gasteiger partial charge in [-0.25, -0.2) is 3.63 Å². The molecule has 0 aromatic carbocycles. The van der Waals surface area contributed by atoms with Crippen molar-refractivity contribution < 1.29 is 12.0 Å². The summed E-state index contributed by atoms with van der Waals surface area (Å²) in [7, 11) is -4.84. The van der Waals surface area contributed by atoms with Crippen LogP contribution in [0.2, 0.25) is 0 Å². The zero-order chi connectivity index (χ0) is 10.5. The molecule has 13 heavy (non-hydrogen) atoms. The van der Waals surface area contributed by atoms with Gasteiger partial charge in [0, 0.05) is 5.75 Å². The Kier molecular flexibility index (Phi) is 5.02. The lowest BCUT2D eigenvalue weighted by Gasteiger charge is -2.28. The number of hydrogen-bond acceptors (Lipinski definition) is 3. The van der Waals surface area contributed by atoms with Crippen LogP contribution in [-0.2, 0) is 13.7 Å². The monoisotopic (exact) mass is 226 g/mol. The standard InChI is InChI=1S/C8H18O3S2/c1-5-7-12(3,4)11-13(9,10)8-6-2/h5H,1,6-8H2,2-4H3. The molecule has 0 atom stereocenters. The second-order valence-corrected chi connectivity index (χ2v) is 8.50. The van der Waals surface area contributed by atoms with Gasteiger partial charge in [-0.1, -0.05) is 13.0 Å². The van der Waals surface area contributed by atoms with Crippen molar-refractivity contribution in [1.82, 2.24) is 0 Å². The Hall–Kier alpha value is -0.0000000000000000555. The molecular weight excluding hydrogens is 208 g/mol. The second kappa shape index (κ2) is 5.02. The molecule has 0 aliphatic heterocycles. The summed E-state index contributed by atoms with van der Waals surface area (Å²) in [5.41, 5.74) is 0. The van der Waals surface area contributed by atoms with Crippen LogP contribution in [0.4, 0.5) is 0 Å². The zero-order valence-corrected chi connectivity index (χ0v) is 10.1. The van der Waals surface area contributed by atoms with Gasteiger partial charge in [0.1, 0.15) is 0 Å². The van der Waals surface area contributed by atoms with Crippen molar-refractivity contribution in [3.63, 3.8) is 0 Å². The normalized spacial score (nSPS) is 14.1. The first kappa shape index (κ1) is 13.0. The summed E-state index contributed by atoms with van der Waals surface area (Å²) in [5, 5.41) is 0. The SMILES string of the molecule is C=CCS(C)(C)OS(=O)(=O)CCC. The van der Waals surface area contributed by atoms with Crippen LogP contribution in [0.3, 0.4) is 0 Å². The average molecular weight is 226 g/mol. The van der Waals surface area contributed by atoms with E-state index in [1.807, 2.05) is 19.4 Å². The molecule has 0 aliphatic rings. The van der Waals surface area contributed by atoms with E-state index < -0.39 is 20.4 Å². The Morgan fingerprint density at radius 1 is 1.38 bits per heavy atom. The van der Waals surface area contributed by atoms with Crippen LogP contribution in [0.5, 0.6) is 0 Å². The minimum absolute atomic E-state index is 0.0978. The summed E-state index contributed by atoms with van der Waals surface area (Å²) in [6.07, 6.45) is 5.92.